The van der Waals surface area contributed by atoms with Crippen LogP contribution in [0.1, 0.15) is 26.7 Å². The molecule has 0 fully saturated rings. The Kier molecular flexibility index (Phi) is 9.63. The van der Waals surface area contributed by atoms with Crippen molar-refractivity contribution in [3.05, 3.63) is 0 Å². The van der Waals surface area contributed by atoms with Crippen LogP contribution >= 0.6 is 0 Å². The molecular formula is C12H28N2O3S. The van der Waals surface area contributed by atoms with E-state index in [2.05, 4.69) is 16.5 Å². The monoisotopic (exact) mass is 280 g/mol. The van der Waals surface area contributed by atoms with E-state index in [0.717, 1.165) is 19.5 Å². The summed E-state index contributed by atoms with van der Waals surface area (Å²) in [5.41, 5.74) is 0. The number of likely N-dealkylation sites (N-methyl/N-ethyl adjacent to an activating group) is 1. The van der Waals surface area contributed by atoms with Gasteiger partial charge in [0.05, 0.1) is 5.75 Å². The number of rotatable bonds is 11. The number of sulfonamides is 1. The smallest absolute Gasteiger partial charge is 0.211 e. The lowest BCUT2D eigenvalue weighted by Crippen LogP contribution is -2.34. The van der Waals surface area contributed by atoms with Crippen molar-refractivity contribution >= 4 is 10.0 Å². The molecule has 0 saturated heterocycles. The molecule has 110 valence electrons. The third-order valence-corrected chi connectivity index (χ3v) is 4.47. The van der Waals surface area contributed by atoms with E-state index in [0.29, 0.717) is 25.5 Å². The van der Waals surface area contributed by atoms with Crippen molar-refractivity contribution in [2.24, 2.45) is 5.92 Å². The van der Waals surface area contributed by atoms with Crippen molar-refractivity contribution in [1.29, 1.82) is 0 Å². The maximum absolute atomic E-state index is 11.7. The van der Waals surface area contributed by atoms with Crippen LogP contribution in [-0.2, 0) is 14.8 Å². The zero-order valence-electron chi connectivity index (χ0n) is 12.1. The second kappa shape index (κ2) is 9.72. The third kappa shape index (κ3) is 9.82. The van der Waals surface area contributed by atoms with E-state index in [1.807, 2.05) is 14.0 Å². The van der Waals surface area contributed by atoms with E-state index in [1.54, 1.807) is 7.11 Å². The van der Waals surface area contributed by atoms with E-state index in [4.69, 9.17) is 4.74 Å². The van der Waals surface area contributed by atoms with Crippen molar-refractivity contribution in [3.8, 4) is 0 Å². The quantitative estimate of drug-likeness (QED) is 0.611. The highest BCUT2D eigenvalue weighted by atomic mass is 32.2. The van der Waals surface area contributed by atoms with Crippen molar-refractivity contribution in [2.45, 2.75) is 26.7 Å². The van der Waals surface area contributed by atoms with Gasteiger partial charge < -0.3 is 9.64 Å². The lowest BCUT2D eigenvalue weighted by atomic mass is 10.1. The second-order valence-corrected chi connectivity index (χ2v) is 6.71. The molecule has 1 atom stereocenters. The summed E-state index contributed by atoms with van der Waals surface area (Å²) in [6, 6.07) is 0. The zero-order chi connectivity index (χ0) is 14.0. The fourth-order valence-corrected chi connectivity index (χ4v) is 2.70. The fraction of sp³-hybridized carbons (Fsp3) is 1.00. The van der Waals surface area contributed by atoms with Gasteiger partial charge in [-0.25, -0.2) is 13.1 Å². The van der Waals surface area contributed by atoms with Gasteiger partial charge in [-0.2, -0.15) is 0 Å². The number of hydrogen-bond acceptors (Lipinski definition) is 4. The molecule has 0 spiro atoms. The van der Waals surface area contributed by atoms with Gasteiger partial charge in [0.2, 0.25) is 10.0 Å². The SMILES string of the molecule is CCN(C)CCNS(=O)(=O)CC[C@H](C)CCOC. The minimum absolute atomic E-state index is 0.202. The Balaban J connectivity index is 3.79. The summed E-state index contributed by atoms with van der Waals surface area (Å²) >= 11 is 0. The maximum atomic E-state index is 11.7. The lowest BCUT2D eigenvalue weighted by Gasteiger charge is -2.15. The number of nitrogens with zero attached hydrogens (tertiary/aromatic N) is 1. The number of nitrogens with one attached hydrogen (secondary N) is 1. The summed E-state index contributed by atoms with van der Waals surface area (Å²) in [4.78, 5) is 2.07. The standard InChI is InChI=1S/C12H28N2O3S/c1-5-14(3)9-8-13-18(15,16)11-7-12(2)6-10-17-4/h12-13H,5-11H2,1-4H3/t12-/m1/s1. The summed E-state index contributed by atoms with van der Waals surface area (Å²) in [7, 11) is 0.512. The van der Waals surface area contributed by atoms with Gasteiger partial charge in [0.25, 0.3) is 0 Å². The molecule has 0 rings (SSSR count). The maximum Gasteiger partial charge on any atom is 0.211 e. The molecule has 0 aliphatic heterocycles. The first-order chi connectivity index (χ1) is 8.41. The Labute approximate surface area is 112 Å². The van der Waals surface area contributed by atoms with E-state index in [-0.39, 0.29) is 5.75 Å². The highest BCUT2D eigenvalue weighted by molar-refractivity contribution is 7.89. The highest BCUT2D eigenvalue weighted by Gasteiger charge is 2.12. The molecule has 0 unspecified atom stereocenters. The summed E-state index contributed by atoms with van der Waals surface area (Å²) in [5.74, 6) is 0.577. The van der Waals surface area contributed by atoms with Crippen LogP contribution in [0.4, 0.5) is 0 Å². The molecule has 6 heteroatoms. The molecule has 1 N–H and O–H groups in total. The molecule has 0 amide bonds. The summed E-state index contributed by atoms with van der Waals surface area (Å²) in [6.07, 6.45) is 1.59. The van der Waals surface area contributed by atoms with Gasteiger partial charge in [0, 0.05) is 26.8 Å². The van der Waals surface area contributed by atoms with Crippen molar-refractivity contribution in [2.75, 3.05) is 46.2 Å². The molecule has 0 aromatic heterocycles. The molecule has 0 heterocycles. The molecule has 5 nitrogen and oxygen atoms in total. The topological polar surface area (TPSA) is 58.6 Å². The van der Waals surface area contributed by atoms with Gasteiger partial charge in [0.1, 0.15) is 0 Å². The number of methoxy groups -OCH3 is 1. The second-order valence-electron chi connectivity index (χ2n) is 4.78. The Hall–Kier alpha value is -0.170. The van der Waals surface area contributed by atoms with Gasteiger partial charge in [-0.15, -0.1) is 0 Å². The molecule has 0 aromatic rings. The predicted molar refractivity (Wildman–Crippen MR) is 75.2 cm³/mol. The molecule has 0 bridgehead atoms. The normalized spacial score (nSPS) is 14.1. The zero-order valence-corrected chi connectivity index (χ0v) is 12.9. The van der Waals surface area contributed by atoms with Gasteiger partial charge in [0.15, 0.2) is 0 Å². The van der Waals surface area contributed by atoms with Gasteiger partial charge in [-0.05, 0) is 32.4 Å². The van der Waals surface area contributed by atoms with Crippen LogP contribution in [-0.4, -0.2) is 59.5 Å². The summed E-state index contributed by atoms with van der Waals surface area (Å²) in [5, 5.41) is 0. The van der Waals surface area contributed by atoms with E-state index >= 15 is 0 Å². The van der Waals surface area contributed by atoms with Crippen LogP contribution in [0.3, 0.4) is 0 Å². The van der Waals surface area contributed by atoms with Gasteiger partial charge in [-0.3, -0.25) is 0 Å². The van der Waals surface area contributed by atoms with Crippen LogP contribution < -0.4 is 4.72 Å². The molecule has 0 aliphatic rings. The Bertz CT molecular complexity index is 294. The molecular weight excluding hydrogens is 252 g/mol. The predicted octanol–water partition coefficient (Wildman–Crippen LogP) is 0.920. The van der Waals surface area contributed by atoms with Crippen LogP contribution in [0, 0.1) is 5.92 Å². The van der Waals surface area contributed by atoms with Crippen LogP contribution in [0.25, 0.3) is 0 Å². The largest absolute Gasteiger partial charge is 0.385 e. The Morgan fingerprint density at radius 2 is 2.00 bits per heavy atom. The fourth-order valence-electron chi connectivity index (χ4n) is 1.44. The average Bonchev–Trinajstić information content (AvgIpc) is 2.33. The number of ether oxygens (including phenoxy) is 1. The van der Waals surface area contributed by atoms with E-state index in [1.165, 1.54) is 0 Å². The first-order valence-electron chi connectivity index (χ1n) is 6.56. The highest BCUT2D eigenvalue weighted by Crippen LogP contribution is 2.08. The third-order valence-electron chi connectivity index (χ3n) is 3.05. The van der Waals surface area contributed by atoms with Crippen LogP contribution in [0.2, 0.25) is 0 Å². The van der Waals surface area contributed by atoms with Crippen LogP contribution in [0.5, 0.6) is 0 Å². The minimum atomic E-state index is -3.12. The Morgan fingerprint density at radius 3 is 2.56 bits per heavy atom. The lowest BCUT2D eigenvalue weighted by molar-refractivity contribution is 0.179. The summed E-state index contributed by atoms with van der Waals surface area (Å²) in [6.45, 7) is 6.95. The summed E-state index contributed by atoms with van der Waals surface area (Å²) < 4.78 is 31.0. The average molecular weight is 280 g/mol. The van der Waals surface area contributed by atoms with Crippen molar-refractivity contribution in [1.82, 2.24) is 9.62 Å². The van der Waals surface area contributed by atoms with Gasteiger partial charge in [-0.1, -0.05) is 13.8 Å². The van der Waals surface area contributed by atoms with E-state index in [9.17, 15) is 8.42 Å². The van der Waals surface area contributed by atoms with Crippen molar-refractivity contribution in [3.63, 3.8) is 0 Å². The minimum Gasteiger partial charge on any atom is -0.385 e. The number of hydrogen-bond donors (Lipinski definition) is 1. The molecule has 18 heavy (non-hydrogen) atoms. The molecule has 0 aromatic carbocycles. The molecule has 0 saturated carbocycles. The molecule has 0 aliphatic carbocycles. The Morgan fingerprint density at radius 1 is 1.33 bits per heavy atom. The van der Waals surface area contributed by atoms with Crippen molar-refractivity contribution < 1.29 is 13.2 Å². The van der Waals surface area contributed by atoms with Gasteiger partial charge >= 0.3 is 0 Å². The first kappa shape index (κ1) is 17.8. The van der Waals surface area contributed by atoms with Crippen LogP contribution in [0.15, 0.2) is 0 Å². The first-order valence-corrected chi connectivity index (χ1v) is 8.21. The van der Waals surface area contributed by atoms with E-state index < -0.39 is 10.0 Å². The molecule has 0 radical (unpaired) electrons.